The molecule has 0 aromatic carbocycles. The first-order valence-corrected chi connectivity index (χ1v) is 13.2. The summed E-state index contributed by atoms with van der Waals surface area (Å²) in [7, 11) is 1.48. The van der Waals surface area contributed by atoms with E-state index in [0.29, 0.717) is 28.7 Å². The van der Waals surface area contributed by atoms with Crippen molar-refractivity contribution in [3.8, 4) is 0 Å². The predicted molar refractivity (Wildman–Crippen MR) is 122 cm³/mol. The second-order valence-corrected chi connectivity index (χ2v) is 13.5. The van der Waals surface area contributed by atoms with E-state index in [4.69, 9.17) is 9.47 Å². The smallest absolute Gasteiger partial charge is 0.334 e. The SMILES string of the molecule is COC(=O)C1C[C@@H](C)C2C(C[C@@]3(C)[C@@H]4CCN5C(C)(C)[C@@H](O)CC[C@@]56C[C@@]46CC[C@]23C)O1. The van der Waals surface area contributed by atoms with Crippen LogP contribution in [0.25, 0.3) is 0 Å². The number of carbonyl (C=O) groups excluding carboxylic acids is 1. The maximum Gasteiger partial charge on any atom is 0.334 e. The number of rotatable bonds is 1. The minimum absolute atomic E-state index is 0.122. The van der Waals surface area contributed by atoms with Gasteiger partial charge in [0.2, 0.25) is 0 Å². The summed E-state index contributed by atoms with van der Waals surface area (Å²) >= 11 is 0. The van der Waals surface area contributed by atoms with Gasteiger partial charge in [-0.05, 0) is 106 Å². The zero-order chi connectivity index (χ0) is 22.9. The number of aliphatic hydroxyl groups excluding tert-OH is 1. The number of ether oxygens (including phenoxy) is 2. The van der Waals surface area contributed by atoms with E-state index >= 15 is 0 Å². The fourth-order valence-corrected chi connectivity index (χ4v) is 10.9. The van der Waals surface area contributed by atoms with Crippen molar-refractivity contribution >= 4 is 5.97 Å². The summed E-state index contributed by atoms with van der Waals surface area (Å²) in [6.07, 6.45) is 8.69. The van der Waals surface area contributed by atoms with Crippen LogP contribution < -0.4 is 0 Å². The molecular weight excluding hydrogens is 402 g/mol. The van der Waals surface area contributed by atoms with E-state index in [1.807, 2.05) is 0 Å². The number of hydrogen-bond acceptors (Lipinski definition) is 5. The Bertz CT molecular complexity index is 844. The van der Waals surface area contributed by atoms with Gasteiger partial charge in [-0.25, -0.2) is 4.79 Å². The summed E-state index contributed by atoms with van der Waals surface area (Å²) in [5.41, 5.74) is 1.11. The molecule has 32 heavy (non-hydrogen) atoms. The zero-order valence-corrected chi connectivity index (χ0v) is 20.9. The lowest BCUT2D eigenvalue weighted by molar-refractivity contribution is -0.180. The van der Waals surface area contributed by atoms with Crippen LogP contribution in [-0.2, 0) is 14.3 Å². The molecule has 5 heteroatoms. The largest absolute Gasteiger partial charge is 0.467 e. The van der Waals surface area contributed by atoms with Crippen molar-refractivity contribution in [3.63, 3.8) is 0 Å². The molecule has 3 aliphatic heterocycles. The predicted octanol–water partition coefficient (Wildman–Crippen LogP) is 4.16. The normalized spacial score (nSPS) is 58.0. The van der Waals surface area contributed by atoms with Gasteiger partial charge in [0.25, 0.3) is 0 Å². The van der Waals surface area contributed by atoms with Gasteiger partial charge in [0.1, 0.15) is 0 Å². The summed E-state index contributed by atoms with van der Waals surface area (Å²) < 4.78 is 11.6. The molecular formula is C27H43NO4. The molecule has 6 fully saturated rings. The summed E-state index contributed by atoms with van der Waals surface area (Å²) in [6, 6.07) is 0. The molecule has 6 rings (SSSR count). The second kappa shape index (κ2) is 6.31. The van der Waals surface area contributed by atoms with E-state index in [2.05, 4.69) is 39.5 Å². The average Bonchev–Trinajstić information content (AvgIpc) is 3.34. The third-order valence-corrected chi connectivity index (χ3v) is 12.5. The van der Waals surface area contributed by atoms with Crippen LogP contribution in [-0.4, -0.2) is 59.0 Å². The Labute approximate surface area is 193 Å². The Hall–Kier alpha value is -0.650. The molecule has 0 radical (unpaired) electrons. The second-order valence-electron chi connectivity index (χ2n) is 13.5. The van der Waals surface area contributed by atoms with E-state index in [-0.39, 0.29) is 34.5 Å². The quantitative estimate of drug-likeness (QED) is 0.614. The molecule has 3 aliphatic carbocycles. The van der Waals surface area contributed by atoms with E-state index in [1.54, 1.807) is 0 Å². The monoisotopic (exact) mass is 445 g/mol. The summed E-state index contributed by atoms with van der Waals surface area (Å²) in [4.78, 5) is 15.1. The van der Waals surface area contributed by atoms with Crippen LogP contribution in [0.15, 0.2) is 0 Å². The van der Waals surface area contributed by atoms with E-state index < -0.39 is 6.10 Å². The first-order chi connectivity index (χ1) is 15.0. The molecule has 180 valence electrons. The van der Waals surface area contributed by atoms with Crippen LogP contribution in [0.3, 0.4) is 0 Å². The van der Waals surface area contributed by atoms with E-state index in [1.165, 1.54) is 32.8 Å². The number of nitrogens with zero attached hydrogens (tertiary/aromatic N) is 1. The molecule has 0 bridgehead atoms. The van der Waals surface area contributed by atoms with E-state index in [0.717, 1.165) is 32.2 Å². The van der Waals surface area contributed by atoms with Crippen LogP contribution in [0, 0.1) is 34.0 Å². The average molecular weight is 446 g/mol. The molecule has 6 aliphatic rings. The molecule has 0 amide bonds. The first kappa shape index (κ1) is 21.9. The molecule has 2 spiro atoms. The highest BCUT2D eigenvalue weighted by Gasteiger charge is 2.83. The first-order valence-electron chi connectivity index (χ1n) is 13.2. The zero-order valence-electron chi connectivity index (χ0n) is 20.9. The van der Waals surface area contributed by atoms with Crippen molar-refractivity contribution in [2.75, 3.05) is 13.7 Å². The molecule has 5 nitrogen and oxygen atoms in total. The minimum atomic E-state index is -0.396. The van der Waals surface area contributed by atoms with Crippen LogP contribution >= 0.6 is 0 Å². The van der Waals surface area contributed by atoms with Gasteiger partial charge in [0.05, 0.1) is 19.3 Å². The van der Waals surface area contributed by atoms with Crippen molar-refractivity contribution < 1.29 is 19.4 Å². The lowest BCUT2D eigenvalue weighted by Gasteiger charge is -2.64. The van der Waals surface area contributed by atoms with Crippen molar-refractivity contribution in [1.29, 1.82) is 0 Å². The highest BCUT2D eigenvalue weighted by Crippen LogP contribution is 2.83. The number of hydrogen-bond donors (Lipinski definition) is 1. The highest BCUT2D eigenvalue weighted by molar-refractivity contribution is 5.74. The van der Waals surface area contributed by atoms with Crippen molar-refractivity contribution in [3.05, 3.63) is 0 Å². The Morgan fingerprint density at radius 2 is 1.84 bits per heavy atom. The maximum absolute atomic E-state index is 12.3. The molecule has 3 saturated heterocycles. The Balaban J connectivity index is 1.35. The summed E-state index contributed by atoms with van der Waals surface area (Å²) in [5.74, 6) is 1.53. The molecule has 10 atom stereocenters. The molecule has 3 heterocycles. The number of carbonyl (C=O) groups is 1. The Morgan fingerprint density at radius 1 is 1.09 bits per heavy atom. The molecule has 3 saturated carbocycles. The Morgan fingerprint density at radius 3 is 2.56 bits per heavy atom. The third kappa shape index (κ3) is 2.25. The van der Waals surface area contributed by atoms with Crippen LogP contribution in [0.5, 0.6) is 0 Å². The van der Waals surface area contributed by atoms with E-state index in [9.17, 15) is 9.90 Å². The number of esters is 1. The van der Waals surface area contributed by atoms with Crippen molar-refractivity contribution in [2.24, 2.45) is 34.0 Å². The van der Waals surface area contributed by atoms with Gasteiger partial charge in [-0.15, -0.1) is 0 Å². The number of aliphatic hydroxyl groups is 1. The van der Waals surface area contributed by atoms with Crippen LogP contribution in [0.4, 0.5) is 0 Å². The topological polar surface area (TPSA) is 59.0 Å². The lowest BCUT2D eigenvalue weighted by Crippen LogP contribution is -2.68. The Kier molecular flexibility index (Phi) is 4.31. The van der Waals surface area contributed by atoms with Crippen LogP contribution in [0.2, 0.25) is 0 Å². The standard InChI is InChI=1S/C27H43NO4/c1-16-13-17(22(30)31-6)32-18-14-25(5)19-8-12-28-23(2,3)20(29)7-9-27(28)15-26(19,27)11-10-24(25,4)21(16)18/h16-21,29H,7-15H2,1-6H3/t16-,17?,18?,19+,20+,21?,24-,25+,26+,27+/m1/s1. The van der Waals surface area contributed by atoms with Gasteiger partial charge in [-0.3, -0.25) is 4.90 Å². The molecule has 0 aromatic heterocycles. The van der Waals surface area contributed by atoms with Gasteiger partial charge < -0.3 is 14.6 Å². The number of fused-ring (bicyclic) bond motifs is 4. The van der Waals surface area contributed by atoms with Crippen molar-refractivity contribution in [2.45, 2.75) is 115 Å². The minimum Gasteiger partial charge on any atom is -0.467 e. The molecule has 0 aromatic rings. The lowest BCUT2D eigenvalue weighted by atomic mass is 9.45. The molecule has 1 N–H and O–H groups in total. The van der Waals surface area contributed by atoms with Crippen molar-refractivity contribution in [1.82, 2.24) is 4.90 Å². The highest BCUT2D eigenvalue weighted by atomic mass is 16.6. The number of methoxy groups -OCH3 is 1. The van der Waals surface area contributed by atoms with Gasteiger partial charge >= 0.3 is 5.97 Å². The fourth-order valence-electron chi connectivity index (χ4n) is 10.9. The van der Waals surface area contributed by atoms with Gasteiger partial charge in [0, 0.05) is 11.1 Å². The van der Waals surface area contributed by atoms with Gasteiger partial charge in [-0.1, -0.05) is 20.8 Å². The van der Waals surface area contributed by atoms with Crippen LogP contribution in [0.1, 0.15) is 86.0 Å². The summed E-state index contributed by atoms with van der Waals surface area (Å²) in [5, 5.41) is 10.8. The van der Waals surface area contributed by atoms with Gasteiger partial charge in [-0.2, -0.15) is 0 Å². The third-order valence-electron chi connectivity index (χ3n) is 12.5. The maximum atomic E-state index is 12.3. The van der Waals surface area contributed by atoms with Gasteiger partial charge in [0.15, 0.2) is 6.10 Å². The fraction of sp³-hybridized carbons (Fsp3) is 0.963. The molecule has 3 unspecified atom stereocenters. The summed E-state index contributed by atoms with van der Waals surface area (Å²) in [6.45, 7) is 13.2. The number of piperidine rings is 2.